The van der Waals surface area contributed by atoms with E-state index in [0.717, 1.165) is 47.8 Å². The maximum absolute atomic E-state index is 9.96. The zero-order valence-corrected chi connectivity index (χ0v) is 11.8. The van der Waals surface area contributed by atoms with Crippen molar-refractivity contribution in [1.82, 2.24) is 9.97 Å². The Labute approximate surface area is 116 Å². The fraction of sp³-hybridized carbons (Fsp3) is 0.667. The van der Waals surface area contributed by atoms with Gasteiger partial charge < -0.3 is 10.4 Å². The van der Waals surface area contributed by atoms with E-state index in [1.54, 1.807) is 11.8 Å². The molecule has 0 spiro atoms. The summed E-state index contributed by atoms with van der Waals surface area (Å²) in [5.41, 5.74) is 0.803. The number of fused-ring (bicyclic) bond motifs is 1. The van der Waals surface area contributed by atoms with Gasteiger partial charge in [-0.3, -0.25) is 0 Å². The first-order chi connectivity index (χ1) is 8.61. The molecule has 98 valence electrons. The number of aliphatic hydroxyl groups is 1. The SMILES string of the molecule is CC(O)C1(Nc2nc(Cl)nc3c2SCC3)CCC1. The normalized spacial score (nSPS) is 22.2. The summed E-state index contributed by atoms with van der Waals surface area (Å²) in [6, 6.07) is 0. The second-order valence-electron chi connectivity index (χ2n) is 5.03. The predicted octanol–water partition coefficient (Wildman–Crippen LogP) is 2.49. The highest BCUT2D eigenvalue weighted by Crippen LogP contribution is 2.42. The van der Waals surface area contributed by atoms with Gasteiger partial charge in [0.2, 0.25) is 5.28 Å². The van der Waals surface area contributed by atoms with E-state index in [1.807, 2.05) is 6.92 Å². The summed E-state index contributed by atoms with van der Waals surface area (Å²) in [7, 11) is 0. The van der Waals surface area contributed by atoms with Crippen LogP contribution < -0.4 is 5.32 Å². The van der Waals surface area contributed by atoms with Crippen LogP contribution in [0.3, 0.4) is 0 Å². The standard InChI is InChI=1S/C12H16ClN3OS/c1-7(17)12(4-2-5-12)16-10-9-8(3-6-18-9)14-11(13)15-10/h7,17H,2-6H2,1H3,(H,14,15,16). The van der Waals surface area contributed by atoms with Crippen LogP contribution in [0.15, 0.2) is 4.90 Å². The lowest BCUT2D eigenvalue weighted by Gasteiger charge is -2.45. The molecule has 2 heterocycles. The summed E-state index contributed by atoms with van der Waals surface area (Å²) < 4.78 is 0. The van der Waals surface area contributed by atoms with Crippen LogP contribution in [0.1, 0.15) is 31.9 Å². The lowest BCUT2D eigenvalue weighted by atomic mass is 9.73. The van der Waals surface area contributed by atoms with E-state index in [9.17, 15) is 5.11 Å². The molecule has 1 saturated carbocycles. The quantitative estimate of drug-likeness (QED) is 0.836. The molecule has 1 aromatic rings. The molecule has 0 saturated heterocycles. The first-order valence-electron chi connectivity index (χ1n) is 6.26. The van der Waals surface area contributed by atoms with Crippen LogP contribution in [0.2, 0.25) is 5.28 Å². The maximum atomic E-state index is 9.96. The van der Waals surface area contributed by atoms with Gasteiger partial charge in [0.05, 0.1) is 22.2 Å². The number of rotatable bonds is 3. The second kappa shape index (κ2) is 4.54. The van der Waals surface area contributed by atoms with E-state index in [1.165, 1.54) is 0 Å². The van der Waals surface area contributed by atoms with Crippen molar-refractivity contribution in [2.24, 2.45) is 0 Å². The highest BCUT2D eigenvalue weighted by molar-refractivity contribution is 7.99. The molecule has 1 atom stereocenters. The van der Waals surface area contributed by atoms with Gasteiger partial charge in [-0.25, -0.2) is 4.98 Å². The number of hydrogen-bond donors (Lipinski definition) is 2. The van der Waals surface area contributed by atoms with E-state index in [2.05, 4.69) is 15.3 Å². The molecule has 0 bridgehead atoms. The molecule has 1 fully saturated rings. The molecule has 3 rings (SSSR count). The van der Waals surface area contributed by atoms with Gasteiger partial charge in [0, 0.05) is 12.2 Å². The summed E-state index contributed by atoms with van der Waals surface area (Å²) in [6.45, 7) is 1.84. The number of aryl methyl sites for hydroxylation is 1. The molecule has 2 aliphatic rings. The lowest BCUT2D eigenvalue weighted by Crippen LogP contribution is -2.53. The number of halogens is 1. The van der Waals surface area contributed by atoms with Gasteiger partial charge >= 0.3 is 0 Å². The van der Waals surface area contributed by atoms with E-state index in [-0.39, 0.29) is 11.6 Å². The molecular weight excluding hydrogens is 270 g/mol. The van der Waals surface area contributed by atoms with Crippen LogP contribution in [0.25, 0.3) is 0 Å². The highest BCUT2D eigenvalue weighted by Gasteiger charge is 2.42. The van der Waals surface area contributed by atoms with Crippen molar-refractivity contribution in [3.05, 3.63) is 11.0 Å². The molecule has 1 aliphatic heterocycles. The Morgan fingerprint density at radius 3 is 2.83 bits per heavy atom. The smallest absolute Gasteiger partial charge is 0.224 e. The Kier molecular flexibility index (Phi) is 3.16. The summed E-state index contributed by atoms with van der Waals surface area (Å²) >= 11 is 7.73. The fourth-order valence-electron chi connectivity index (χ4n) is 2.56. The van der Waals surface area contributed by atoms with Crippen LogP contribution in [-0.2, 0) is 6.42 Å². The number of nitrogens with zero attached hydrogens (tertiary/aromatic N) is 2. The van der Waals surface area contributed by atoms with E-state index >= 15 is 0 Å². The molecule has 0 amide bonds. The van der Waals surface area contributed by atoms with E-state index < -0.39 is 0 Å². The lowest BCUT2D eigenvalue weighted by molar-refractivity contribution is 0.0631. The topological polar surface area (TPSA) is 58.0 Å². The Bertz CT molecular complexity index is 477. The van der Waals surface area contributed by atoms with Crippen molar-refractivity contribution in [2.75, 3.05) is 11.1 Å². The molecule has 0 radical (unpaired) electrons. The first kappa shape index (κ1) is 12.5. The van der Waals surface area contributed by atoms with E-state index in [0.29, 0.717) is 5.28 Å². The highest BCUT2D eigenvalue weighted by atomic mass is 35.5. The van der Waals surface area contributed by atoms with Gasteiger partial charge in [0.15, 0.2) is 0 Å². The summed E-state index contributed by atoms with van der Waals surface area (Å²) in [4.78, 5) is 9.67. The molecule has 0 aromatic carbocycles. The number of thioether (sulfide) groups is 1. The van der Waals surface area contributed by atoms with Crippen molar-refractivity contribution < 1.29 is 5.11 Å². The van der Waals surface area contributed by atoms with Crippen molar-refractivity contribution in [3.63, 3.8) is 0 Å². The zero-order valence-electron chi connectivity index (χ0n) is 10.2. The third kappa shape index (κ3) is 1.98. The average Bonchev–Trinajstić information content (AvgIpc) is 2.70. The summed E-state index contributed by atoms with van der Waals surface area (Å²) in [5.74, 6) is 1.83. The Balaban J connectivity index is 1.93. The molecule has 18 heavy (non-hydrogen) atoms. The minimum Gasteiger partial charge on any atom is -0.391 e. The van der Waals surface area contributed by atoms with Crippen LogP contribution >= 0.6 is 23.4 Å². The monoisotopic (exact) mass is 285 g/mol. The third-order valence-corrected chi connectivity index (χ3v) is 5.20. The number of aromatic nitrogens is 2. The molecule has 1 unspecified atom stereocenters. The Hall–Kier alpha value is -0.520. The van der Waals surface area contributed by atoms with Gasteiger partial charge in [-0.2, -0.15) is 4.98 Å². The molecule has 1 aromatic heterocycles. The largest absolute Gasteiger partial charge is 0.391 e. The van der Waals surface area contributed by atoms with Gasteiger partial charge in [0.1, 0.15) is 5.82 Å². The van der Waals surface area contributed by atoms with Gasteiger partial charge in [0.25, 0.3) is 0 Å². The van der Waals surface area contributed by atoms with Gasteiger partial charge in [-0.1, -0.05) is 0 Å². The third-order valence-electron chi connectivity index (χ3n) is 3.91. The maximum Gasteiger partial charge on any atom is 0.224 e. The fourth-order valence-corrected chi connectivity index (χ4v) is 3.80. The van der Waals surface area contributed by atoms with Gasteiger partial charge in [-0.15, -0.1) is 11.8 Å². The molecule has 2 N–H and O–H groups in total. The van der Waals surface area contributed by atoms with Crippen molar-refractivity contribution in [3.8, 4) is 0 Å². The van der Waals surface area contributed by atoms with Crippen molar-refractivity contribution in [1.29, 1.82) is 0 Å². The number of hydrogen-bond acceptors (Lipinski definition) is 5. The summed E-state index contributed by atoms with van der Waals surface area (Å²) in [6.07, 6.45) is 3.66. The molecule has 4 nitrogen and oxygen atoms in total. The van der Waals surface area contributed by atoms with Crippen LogP contribution in [-0.4, -0.2) is 32.5 Å². The number of anilines is 1. The van der Waals surface area contributed by atoms with Gasteiger partial charge in [-0.05, 0) is 37.8 Å². The van der Waals surface area contributed by atoms with Crippen molar-refractivity contribution >= 4 is 29.2 Å². The molecule has 6 heteroatoms. The first-order valence-corrected chi connectivity index (χ1v) is 7.62. The minimum atomic E-state index is -0.387. The Morgan fingerprint density at radius 2 is 2.22 bits per heavy atom. The number of nitrogens with one attached hydrogen (secondary N) is 1. The second-order valence-corrected chi connectivity index (χ2v) is 6.47. The predicted molar refractivity (Wildman–Crippen MR) is 73.4 cm³/mol. The van der Waals surface area contributed by atoms with Crippen molar-refractivity contribution in [2.45, 2.75) is 49.1 Å². The molecular formula is C12H16ClN3OS. The summed E-state index contributed by atoms with van der Waals surface area (Å²) in [5, 5.41) is 13.7. The van der Waals surface area contributed by atoms with Crippen LogP contribution in [0.4, 0.5) is 5.82 Å². The zero-order chi connectivity index (χ0) is 12.8. The molecule has 1 aliphatic carbocycles. The van der Waals surface area contributed by atoms with Crippen LogP contribution in [0, 0.1) is 0 Å². The Morgan fingerprint density at radius 1 is 1.44 bits per heavy atom. The van der Waals surface area contributed by atoms with Crippen LogP contribution in [0.5, 0.6) is 0 Å². The number of aliphatic hydroxyl groups excluding tert-OH is 1. The average molecular weight is 286 g/mol. The minimum absolute atomic E-state index is 0.228. The van der Waals surface area contributed by atoms with E-state index in [4.69, 9.17) is 11.6 Å².